The lowest BCUT2D eigenvalue weighted by Gasteiger charge is -2.20. The highest BCUT2D eigenvalue weighted by Crippen LogP contribution is 2.26. The summed E-state index contributed by atoms with van der Waals surface area (Å²) in [7, 11) is -3.87. The van der Waals surface area contributed by atoms with Crippen molar-refractivity contribution in [2.45, 2.75) is 24.0 Å². The summed E-state index contributed by atoms with van der Waals surface area (Å²) >= 11 is 0. The lowest BCUT2D eigenvalue weighted by Crippen LogP contribution is -2.37. The first kappa shape index (κ1) is 13.1. The second-order valence-corrected chi connectivity index (χ2v) is 5.84. The molecule has 1 atom stereocenters. The van der Waals surface area contributed by atoms with Crippen LogP contribution in [0.3, 0.4) is 0 Å². The van der Waals surface area contributed by atoms with E-state index in [0.29, 0.717) is 19.4 Å². The number of carboxylic acids is 1. The Hall–Kier alpha value is -1.38. The van der Waals surface area contributed by atoms with Crippen LogP contribution in [0.1, 0.15) is 23.4 Å². The molecule has 0 spiro atoms. The Bertz CT molecular complexity index is 548. The van der Waals surface area contributed by atoms with Crippen LogP contribution in [0.15, 0.2) is 21.6 Å². The molecule has 0 unspecified atom stereocenters. The van der Waals surface area contributed by atoms with Gasteiger partial charge in [-0.05, 0) is 25.0 Å². The third-order valence-corrected chi connectivity index (χ3v) is 4.72. The number of sulfonamides is 1. The number of rotatable bonds is 4. The number of hydrogen-bond acceptors (Lipinski definition) is 5. The Morgan fingerprint density at radius 3 is 2.78 bits per heavy atom. The molecule has 0 radical (unpaired) electrons. The van der Waals surface area contributed by atoms with Crippen molar-refractivity contribution in [3.05, 3.63) is 17.9 Å². The third-order valence-electron chi connectivity index (χ3n) is 2.89. The van der Waals surface area contributed by atoms with Crippen LogP contribution in [0.2, 0.25) is 0 Å². The summed E-state index contributed by atoms with van der Waals surface area (Å²) in [5.74, 6) is -1.75. The number of aliphatic hydroxyl groups is 1. The summed E-state index contributed by atoms with van der Waals surface area (Å²) in [6.45, 7) is 0.0440. The summed E-state index contributed by atoms with van der Waals surface area (Å²) in [6.07, 6.45) is 1.25. The van der Waals surface area contributed by atoms with Gasteiger partial charge in [0.15, 0.2) is 0 Å². The van der Waals surface area contributed by atoms with Crippen molar-refractivity contribution >= 4 is 16.0 Å². The highest BCUT2D eigenvalue weighted by molar-refractivity contribution is 7.89. The molecule has 1 aliphatic heterocycles. The van der Waals surface area contributed by atoms with E-state index in [1.165, 1.54) is 0 Å². The number of carboxylic acid groups (broad SMARTS) is 1. The number of nitrogens with zero attached hydrogens (tertiary/aromatic N) is 1. The molecule has 2 N–H and O–H groups in total. The monoisotopic (exact) mass is 275 g/mol. The molecule has 1 aromatic heterocycles. The molecule has 0 aromatic carbocycles. The van der Waals surface area contributed by atoms with Crippen molar-refractivity contribution in [2.24, 2.45) is 0 Å². The minimum atomic E-state index is -3.87. The number of carbonyl (C=O) groups is 1. The van der Waals surface area contributed by atoms with E-state index >= 15 is 0 Å². The molecule has 0 amide bonds. The van der Waals surface area contributed by atoms with Crippen LogP contribution in [-0.4, -0.2) is 48.1 Å². The van der Waals surface area contributed by atoms with Gasteiger partial charge in [-0.25, -0.2) is 13.2 Å². The SMILES string of the molecule is O=C(O)c1ccc(S(=O)(=O)N2CCC[C@H]2CO)o1. The molecule has 1 aliphatic rings. The molecular formula is C10H13NO6S. The second-order valence-electron chi connectivity index (χ2n) is 4.02. The van der Waals surface area contributed by atoms with Gasteiger partial charge in [0, 0.05) is 12.6 Å². The van der Waals surface area contributed by atoms with Gasteiger partial charge in [0.05, 0.1) is 6.61 Å². The molecule has 18 heavy (non-hydrogen) atoms. The van der Waals surface area contributed by atoms with Crippen molar-refractivity contribution < 1.29 is 27.8 Å². The Balaban J connectivity index is 2.32. The summed E-state index contributed by atoms with van der Waals surface area (Å²) in [6, 6.07) is 1.75. The largest absolute Gasteiger partial charge is 0.475 e. The van der Waals surface area contributed by atoms with Gasteiger partial charge in [-0.15, -0.1) is 0 Å². The van der Waals surface area contributed by atoms with E-state index in [0.717, 1.165) is 16.4 Å². The third kappa shape index (κ3) is 2.14. The van der Waals surface area contributed by atoms with Crippen LogP contribution in [0, 0.1) is 0 Å². The molecule has 7 nitrogen and oxygen atoms in total. The van der Waals surface area contributed by atoms with Gasteiger partial charge in [0.25, 0.3) is 10.0 Å². The Morgan fingerprint density at radius 2 is 2.22 bits per heavy atom. The minimum absolute atomic E-state index is 0.258. The van der Waals surface area contributed by atoms with Crippen LogP contribution in [-0.2, 0) is 10.0 Å². The second kappa shape index (κ2) is 4.71. The summed E-state index contributed by atoms with van der Waals surface area (Å²) in [5, 5.41) is 17.4. The van der Waals surface area contributed by atoms with E-state index in [1.54, 1.807) is 0 Å². The molecule has 0 saturated carbocycles. The highest BCUT2D eigenvalue weighted by Gasteiger charge is 2.37. The molecule has 100 valence electrons. The maximum atomic E-state index is 12.2. The predicted octanol–water partition coefficient (Wildman–Crippen LogP) is 0.123. The van der Waals surface area contributed by atoms with Crippen LogP contribution >= 0.6 is 0 Å². The molecule has 2 heterocycles. The van der Waals surface area contributed by atoms with Gasteiger partial charge in [-0.1, -0.05) is 0 Å². The lowest BCUT2D eigenvalue weighted by atomic mass is 10.2. The van der Waals surface area contributed by atoms with Gasteiger partial charge in [-0.3, -0.25) is 0 Å². The van der Waals surface area contributed by atoms with Gasteiger partial charge in [0.2, 0.25) is 10.9 Å². The standard InChI is InChI=1S/C10H13NO6S/c12-6-7-2-1-5-11(7)18(15,16)9-4-3-8(17-9)10(13)14/h3-4,7,12H,1-2,5-6H2,(H,13,14)/t7-/m0/s1. The smallest absolute Gasteiger partial charge is 0.371 e. The first-order valence-electron chi connectivity index (χ1n) is 5.42. The Labute approximate surface area is 104 Å². The first-order valence-corrected chi connectivity index (χ1v) is 6.86. The average molecular weight is 275 g/mol. The molecular weight excluding hydrogens is 262 g/mol. The molecule has 1 saturated heterocycles. The van der Waals surface area contributed by atoms with Crippen LogP contribution in [0.4, 0.5) is 0 Å². The summed E-state index contributed by atoms with van der Waals surface area (Å²) < 4.78 is 30.3. The molecule has 2 rings (SSSR count). The van der Waals surface area contributed by atoms with Crippen LogP contribution < -0.4 is 0 Å². The van der Waals surface area contributed by atoms with E-state index in [1.807, 2.05) is 0 Å². The van der Waals surface area contributed by atoms with E-state index in [2.05, 4.69) is 0 Å². The quantitative estimate of drug-likeness (QED) is 0.808. The average Bonchev–Trinajstić information content (AvgIpc) is 2.98. The molecule has 0 aliphatic carbocycles. The summed E-state index contributed by atoms with van der Waals surface area (Å²) in [4.78, 5) is 10.6. The maximum Gasteiger partial charge on any atom is 0.371 e. The zero-order valence-electron chi connectivity index (χ0n) is 9.44. The zero-order chi connectivity index (χ0) is 13.3. The van der Waals surface area contributed by atoms with E-state index in [4.69, 9.17) is 14.6 Å². The molecule has 1 fully saturated rings. The normalized spacial score (nSPS) is 21.3. The summed E-state index contributed by atoms with van der Waals surface area (Å²) in [5.41, 5.74) is 0. The van der Waals surface area contributed by atoms with E-state index in [-0.39, 0.29) is 6.61 Å². The fraction of sp³-hybridized carbons (Fsp3) is 0.500. The van der Waals surface area contributed by atoms with Gasteiger partial charge < -0.3 is 14.6 Å². The fourth-order valence-corrected chi connectivity index (χ4v) is 3.60. The van der Waals surface area contributed by atoms with Crippen molar-refractivity contribution in [1.29, 1.82) is 0 Å². The molecule has 1 aromatic rings. The topological polar surface area (TPSA) is 108 Å². The van der Waals surface area contributed by atoms with E-state index in [9.17, 15) is 13.2 Å². The Morgan fingerprint density at radius 1 is 1.50 bits per heavy atom. The van der Waals surface area contributed by atoms with Gasteiger partial charge in [0.1, 0.15) is 0 Å². The van der Waals surface area contributed by atoms with Crippen molar-refractivity contribution in [3.8, 4) is 0 Å². The first-order chi connectivity index (χ1) is 8.46. The lowest BCUT2D eigenvalue weighted by molar-refractivity contribution is 0.0656. The van der Waals surface area contributed by atoms with Crippen LogP contribution in [0.5, 0.6) is 0 Å². The highest BCUT2D eigenvalue weighted by atomic mass is 32.2. The number of aromatic carboxylic acids is 1. The number of furan rings is 1. The molecule has 8 heteroatoms. The van der Waals surface area contributed by atoms with Crippen molar-refractivity contribution in [1.82, 2.24) is 4.31 Å². The van der Waals surface area contributed by atoms with Crippen molar-refractivity contribution in [3.63, 3.8) is 0 Å². The number of hydrogen-bond donors (Lipinski definition) is 2. The minimum Gasteiger partial charge on any atom is -0.475 e. The van der Waals surface area contributed by atoms with E-state index < -0.39 is 32.9 Å². The maximum absolute atomic E-state index is 12.2. The Kier molecular flexibility index (Phi) is 3.42. The van der Waals surface area contributed by atoms with Crippen LogP contribution in [0.25, 0.3) is 0 Å². The molecule has 0 bridgehead atoms. The predicted molar refractivity (Wildman–Crippen MR) is 59.7 cm³/mol. The number of aliphatic hydroxyl groups excluding tert-OH is 1. The van der Waals surface area contributed by atoms with Gasteiger partial charge in [-0.2, -0.15) is 4.31 Å². The van der Waals surface area contributed by atoms with Gasteiger partial charge >= 0.3 is 5.97 Å². The fourth-order valence-electron chi connectivity index (χ4n) is 2.00. The van der Waals surface area contributed by atoms with Crippen molar-refractivity contribution in [2.75, 3.05) is 13.2 Å². The zero-order valence-corrected chi connectivity index (χ0v) is 10.3.